The summed E-state index contributed by atoms with van der Waals surface area (Å²) in [6, 6.07) is 5.09. The fourth-order valence-corrected chi connectivity index (χ4v) is 5.00. The predicted molar refractivity (Wildman–Crippen MR) is 83.5 cm³/mol. The summed E-state index contributed by atoms with van der Waals surface area (Å²) in [5, 5.41) is 0. The third-order valence-electron chi connectivity index (χ3n) is 5.31. The minimum absolute atomic E-state index is 0.0629. The van der Waals surface area contributed by atoms with E-state index in [0.717, 1.165) is 25.2 Å². The Kier molecular flexibility index (Phi) is 3.92. The van der Waals surface area contributed by atoms with Gasteiger partial charge in [-0.3, -0.25) is 0 Å². The summed E-state index contributed by atoms with van der Waals surface area (Å²) in [6.07, 6.45) is 1.17. The van der Waals surface area contributed by atoms with Crippen LogP contribution in [-0.2, 0) is 14.6 Å². The van der Waals surface area contributed by atoms with Crippen LogP contribution in [0.1, 0.15) is 20.3 Å². The lowest BCUT2D eigenvalue weighted by molar-refractivity contribution is -0.101. The Morgan fingerprint density at radius 2 is 1.79 bits per heavy atom. The molecular formula is C16H20F3NO3S. The van der Waals surface area contributed by atoms with Gasteiger partial charge in [-0.05, 0) is 30.7 Å². The molecule has 24 heavy (non-hydrogen) atoms. The van der Waals surface area contributed by atoms with Gasteiger partial charge in [-0.15, -0.1) is 0 Å². The molecule has 0 aromatic heterocycles. The van der Waals surface area contributed by atoms with Crippen LogP contribution >= 0.6 is 0 Å². The molecule has 1 aromatic carbocycles. The average Bonchev–Trinajstić information content (AvgIpc) is 2.92. The van der Waals surface area contributed by atoms with E-state index in [0.29, 0.717) is 11.6 Å². The lowest BCUT2D eigenvalue weighted by Crippen LogP contribution is -2.66. The molecule has 0 spiro atoms. The van der Waals surface area contributed by atoms with Gasteiger partial charge in [0.25, 0.3) is 9.84 Å². The zero-order valence-electron chi connectivity index (χ0n) is 13.7. The van der Waals surface area contributed by atoms with Gasteiger partial charge in [-0.2, -0.15) is 13.2 Å². The maximum atomic E-state index is 12.6. The molecule has 0 amide bonds. The number of rotatable bonds is 3. The van der Waals surface area contributed by atoms with Gasteiger partial charge in [-0.25, -0.2) is 8.42 Å². The van der Waals surface area contributed by atoms with Gasteiger partial charge in [-0.1, -0.05) is 13.8 Å². The first kappa shape index (κ1) is 17.5. The quantitative estimate of drug-likeness (QED) is 0.827. The monoisotopic (exact) mass is 363 g/mol. The highest BCUT2D eigenvalue weighted by Gasteiger charge is 2.60. The van der Waals surface area contributed by atoms with Crippen LogP contribution in [0.3, 0.4) is 0 Å². The maximum absolute atomic E-state index is 12.6. The SMILES string of the molecule is CN(c1ccc(S(=O)(=O)C(F)(F)F)cc1)C1C2CCOC2C1(C)C. The van der Waals surface area contributed by atoms with E-state index in [1.807, 2.05) is 11.9 Å². The molecule has 0 N–H and O–H groups in total. The van der Waals surface area contributed by atoms with Crippen molar-refractivity contribution in [2.45, 2.75) is 42.8 Å². The molecule has 8 heteroatoms. The van der Waals surface area contributed by atoms with Crippen molar-refractivity contribution in [3.8, 4) is 0 Å². The van der Waals surface area contributed by atoms with Crippen LogP contribution < -0.4 is 4.90 Å². The van der Waals surface area contributed by atoms with E-state index in [1.54, 1.807) is 0 Å². The van der Waals surface area contributed by atoms with E-state index in [9.17, 15) is 21.6 Å². The first-order valence-corrected chi connectivity index (χ1v) is 9.22. The summed E-state index contributed by atoms with van der Waals surface area (Å²) in [4.78, 5) is 1.28. The minimum Gasteiger partial charge on any atom is -0.377 e. The van der Waals surface area contributed by atoms with Gasteiger partial charge in [0.15, 0.2) is 0 Å². The number of hydrogen-bond donors (Lipinski definition) is 0. The van der Waals surface area contributed by atoms with Crippen molar-refractivity contribution in [1.82, 2.24) is 0 Å². The highest BCUT2D eigenvalue weighted by molar-refractivity contribution is 7.92. The topological polar surface area (TPSA) is 46.6 Å². The first-order valence-electron chi connectivity index (χ1n) is 7.74. The highest BCUT2D eigenvalue weighted by atomic mass is 32.2. The molecule has 134 valence electrons. The Balaban J connectivity index is 1.84. The van der Waals surface area contributed by atoms with Gasteiger partial charge >= 0.3 is 5.51 Å². The van der Waals surface area contributed by atoms with E-state index in [4.69, 9.17) is 4.74 Å². The molecule has 3 rings (SSSR count). The summed E-state index contributed by atoms with van der Waals surface area (Å²) >= 11 is 0. The van der Waals surface area contributed by atoms with Crippen molar-refractivity contribution in [3.05, 3.63) is 24.3 Å². The van der Waals surface area contributed by atoms with Crippen LogP contribution in [0.4, 0.5) is 18.9 Å². The summed E-state index contributed by atoms with van der Waals surface area (Å²) in [5.41, 5.74) is -4.66. The van der Waals surface area contributed by atoms with Gasteiger partial charge in [0.2, 0.25) is 0 Å². The molecule has 1 aromatic rings. The standard InChI is InChI=1S/C16H20F3NO3S/c1-15(2)13(12-8-9-23-14(12)15)20(3)10-4-6-11(7-5-10)24(21,22)16(17,18)19/h4-7,12-14H,8-9H2,1-3H3. The third-order valence-corrected chi connectivity index (χ3v) is 6.82. The van der Waals surface area contributed by atoms with Crippen LogP contribution in [0.25, 0.3) is 0 Å². The smallest absolute Gasteiger partial charge is 0.377 e. The summed E-state index contributed by atoms with van der Waals surface area (Å²) in [5.74, 6) is 0.392. The third kappa shape index (κ3) is 2.42. The fourth-order valence-electron chi connectivity index (χ4n) is 4.24. The number of halogens is 3. The molecule has 4 nitrogen and oxygen atoms in total. The molecule has 1 aliphatic heterocycles. The van der Waals surface area contributed by atoms with Gasteiger partial charge < -0.3 is 9.64 Å². The molecule has 0 radical (unpaired) electrons. The summed E-state index contributed by atoms with van der Waals surface area (Å²) < 4.78 is 66.4. The van der Waals surface area contributed by atoms with Crippen molar-refractivity contribution in [3.63, 3.8) is 0 Å². The Morgan fingerprint density at radius 1 is 1.21 bits per heavy atom. The van der Waals surface area contributed by atoms with Gasteiger partial charge in [0, 0.05) is 36.7 Å². The van der Waals surface area contributed by atoms with Crippen molar-refractivity contribution < 1.29 is 26.3 Å². The van der Waals surface area contributed by atoms with Crippen LogP contribution in [0, 0.1) is 11.3 Å². The number of benzene rings is 1. The number of ether oxygens (including phenoxy) is 1. The van der Waals surface area contributed by atoms with Crippen LogP contribution in [0.15, 0.2) is 29.2 Å². The first-order chi connectivity index (χ1) is 11.0. The highest BCUT2D eigenvalue weighted by Crippen LogP contribution is 2.54. The normalized spacial score (nSPS) is 29.0. The summed E-state index contributed by atoms with van der Waals surface area (Å²) in [7, 11) is -3.42. The van der Waals surface area contributed by atoms with Crippen molar-refractivity contribution in [2.24, 2.45) is 11.3 Å². The number of sulfone groups is 1. The Hall–Kier alpha value is -1.28. The Labute approximate surface area is 139 Å². The molecule has 1 saturated heterocycles. The zero-order valence-corrected chi connectivity index (χ0v) is 14.5. The number of fused-ring (bicyclic) bond motifs is 1. The average molecular weight is 363 g/mol. The Bertz CT molecular complexity index is 728. The van der Waals surface area contributed by atoms with E-state index < -0.39 is 20.2 Å². The number of alkyl halides is 3. The van der Waals surface area contributed by atoms with E-state index in [-0.39, 0.29) is 17.6 Å². The van der Waals surface area contributed by atoms with E-state index in [2.05, 4.69) is 13.8 Å². The fraction of sp³-hybridized carbons (Fsp3) is 0.625. The van der Waals surface area contributed by atoms with Crippen LogP contribution in [-0.4, -0.2) is 39.7 Å². The molecule has 2 fully saturated rings. The molecule has 0 bridgehead atoms. The second-order valence-corrected chi connectivity index (χ2v) is 9.01. The minimum atomic E-state index is -5.31. The van der Waals surface area contributed by atoms with E-state index >= 15 is 0 Å². The van der Waals surface area contributed by atoms with Crippen LogP contribution in [0.5, 0.6) is 0 Å². The van der Waals surface area contributed by atoms with E-state index in [1.165, 1.54) is 12.1 Å². The number of nitrogens with zero attached hydrogens (tertiary/aromatic N) is 1. The second-order valence-electron chi connectivity index (χ2n) is 7.06. The van der Waals surface area contributed by atoms with Crippen molar-refractivity contribution in [1.29, 1.82) is 0 Å². The summed E-state index contributed by atoms with van der Waals surface area (Å²) in [6.45, 7) is 4.96. The molecule has 3 unspecified atom stereocenters. The molecule has 1 saturated carbocycles. The molecule has 1 aliphatic carbocycles. The van der Waals surface area contributed by atoms with Gasteiger partial charge in [0.05, 0.1) is 11.0 Å². The lowest BCUT2D eigenvalue weighted by atomic mass is 9.56. The zero-order chi connectivity index (χ0) is 17.9. The van der Waals surface area contributed by atoms with Crippen molar-refractivity contribution in [2.75, 3.05) is 18.6 Å². The largest absolute Gasteiger partial charge is 0.501 e. The molecular weight excluding hydrogens is 343 g/mol. The number of hydrogen-bond acceptors (Lipinski definition) is 4. The van der Waals surface area contributed by atoms with Gasteiger partial charge in [0.1, 0.15) is 0 Å². The van der Waals surface area contributed by atoms with Crippen LogP contribution in [0.2, 0.25) is 0 Å². The molecule has 2 aliphatic rings. The number of anilines is 1. The Morgan fingerprint density at radius 3 is 2.33 bits per heavy atom. The lowest BCUT2D eigenvalue weighted by Gasteiger charge is -2.58. The molecule has 1 heterocycles. The molecule has 3 atom stereocenters. The maximum Gasteiger partial charge on any atom is 0.501 e. The van der Waals surface area contributed by atoms with Crippen molar-refractivity contribution >= 4 is 15.5 Å². The second kappa shape index (κ2) is 5.36. The predicted octanol–water partition coefficient (Wildman–Crippen LogP) is 3.23.